The van der Waals surface area contributed by atoms with Gasteiger partial charge in [0.1, 0.15) is 11.7 Å². The zero-order valence-corrected chi connectivity index (χ0v) is 9.82. The summed E-state index contributed by atoms with van der Waals surface area (Å²) in [5, 5.41) is 8.99. The lowest BCUT2D eigenvalue weighted by Gasteiger charge is -2.07. The molecule has 0 N–H and O–H groups in total. The number of hydrogen-bond acceptors (Lipinski definition) is 3. The van der Waals surface area contributed by atoms with Crippen molar-refractivity contribution in [3.05, 3.63) is 58.8 Å². The summed E-state index contributed by atoms with van der Waals surface area (Å²) in [6.07, 6.45) is 1.26. The van der Waals surface area contributed by atoms with Crippen LogP contribution in [0.4, 0.5) is 4.39 Å². The Hall–Kier alpha value is -2.12. The Morgan fingerprint density at radius 3 is 2.78 bits per heavy atom. The Morgan fingerprint density at radius 1 is 1.44 bits per heavy atom. The minimum atomic E-state index is -1.10. The number of Topliss-reactive ketones (excluding diaryl/α,β-unsaturated/α-hetero) is 1. The van der Waals surface area contributed by atoms with E-state index in [4.69, 9.17) is 21.3 Å². The highest BCUT2D eigenvalue weighted by Gasteiger charge is 2.25. The Labute approximate surface area is 107 Å². The van der Waals surface area contributed by atoms with E-state index in [1.807, 2.05) is 6.07 Å². The van der Waals surface area contributed by atoms with Crippen molar-refractivity contribution in [2.24, 2.45) is 0 Å². The molecule has 3 nitrogen and oxygen atoms in total. The van der Waals surface area contributed by atoms with Crippen LogP contribution in [0.1, 0.15) is 21.8 Å². The maximum atomic E-state index is 13.1. The van der Waals surface area contributed by atoms with Crippen LogP contribution in [0.3, 0.4) is 0 Å². The van der Waals surface area contributed by atoms with Crippen molar-refractivity contribution in [1.82, 2.24) is 0 Å². The molecule has 1 aromatic heterocycles. The van der Waals surface area contributed by atoms with Crippen LogP contribution in [0.15, 0.2) is 41.0 Å². The lowest BCUT2D eigenvalue weighted by molar-refractivity contribution is 0.0978. The third kappa shape index (κ3) is 2.27. The fourth-order valence-corrected chi connectivity index (χ4v) is 1.80. The van der Waals surface area contributed by atoms with Gasteiger partial charge >= 0.3 is 0 Å². The van der Waals surface area contributed by atoms with Crippen LogP contribution in [0.25, 0.3) is 0 Å². The fraction of sp³-hybridized carbons (Fsp3) is 0.0769. The number of carbonyl (C=O) groups is 1. The Morgan fingerprint density at radius 2 is 2.22 bits per heavy atom. The fourth-order valence-electron chi connectivity index (χ4n) is 1.60. The van der Waals surface area contributed by atoms with Gasteiger partial charge in [-0.05, 0) is 35.4 Å². The molecule has 5 heteroatoms. The maximum Gasteiger partial charge on any atom is 0.203 e. The minimum absolute atomic E-state index is 0.0725. The summed E-state index contributed by atoms with van der Waals surface area (Å²) in [5.74, 6) is -2.11. The number of halogens is 2. The number of hydrogen-bond donors (Lipinski definition) is 0. The first kappa shape index (κ1) is 12.3. The van der Waals surface area contributed by atoms with Crippen molar-refractivity contribution in [1.29, 1.82) is 5.26 Å². The van der Waals surface area contributed by atoms with Crippen LogP contribution in [0.2, 0.25) is 5.22 Å². The summed E-state index contributed by atoms with van der Waals surface area (Å²) >= 11 is 5.68. The highest BCUT2D eigenvalue weighted by molar-refractivity contribution is 6.32. The quantitative estimate of drug-likeness (QED) is 0.796. The molecule has 1 heterocycles. The second-order valence-corrected chi connectivity index (χ2v) is 3.93. The van der Waals surface area contributed by atoms with E-state index < -0.39 is 17.5 Å². The van der Waals surface area contributed by atoms with Crippen molar-refractivity contribution in [3.8, 4) is 6.07 Å². The number of nitriles is 1. The van der Waals surface area contributed by atoms with Gasteiger partial charge in [0.2, 0.25) is 5.22 Å². The van der Waals surface area contributed by atoms with Crippen LogP contribution in [0, 0.1) is 17.1 Å². The average molecular weight is 264 g/mol. The van der Waals surface area contributed by atoms with Gasteiger partial charge in [0, 0.05) is 0 Å². The molecule has 18 heavy (non-hydrogen) atoms. The van der Waals surface area contributed by atoms with Gasteiger partial charge in [-0.25, -0.2) is 4.39 Å². The second kappa shape index (κ2) is 5.03. The highest BCUT2D eigenvalue weighted by Crippen LogP contribution is 2.26. The summed E-state index contributed by atoms with van der Waals surface area (Å²) in [7, 11) is 0. The molecule has 2 aromatic rings. The first-order chi connectivity index (χ1) is 8.63. The molecule has 0 aliphatic rings. The van der Waals surface area contributed by atoms with E-state index in [9.17, 15) is 9.18 Å². The SMILES string of the molecule is N#CC(C(=O)c1ccoc1Cl)c1cccc(F)c1. The van der Waals surface area contributed by atoms with Gasteiger partial charge in [-0.15, -0.1) is 0 Å². The average Bonchev–Trinajstić information content (AvgIpc) is 2.76. The van der Waals surface area contributed by atoms with Crippen LogP contribution in [-0.2, 0) is 0 Å². The van der Waals surface area contributed by atoms with Gasteiger partial charge in [0.15, 0.2) is 5.78 Å². The topological polar surface area (TPSA) is 54.0 Å². The largest absolute Gasteiger partial charge is 0.452 e. The number of rotatable bonds is 3. The molecule has 0 radical (unpaired) electrons. The molecule has 0 spiro atoms. The van der Waals surface area contributed by atoms with E-state index in [0.29, 0.717) is 5.56 Å². The van der Waals surface area contributed by atoms with Gasteiger partial charge in [0.25, 0.3) is 0 Å². The predicted molar refractivity (Wildman–Crippen MR) is 62.8 cm³/mol. The molecular formula is C13H7ClFNO2. The standard InChI is InChI=1S/C13H7ClFNO2/c14-13-10(4-5-18-13)12(17)11(7-16)8-2-1-3-9(15)6-8/h1-6,11H. The molecule has 0 amide bonds. The summed E-state index contributed by atoms with van der Waals surface area (Å²) in [4.78, 5) is 12.1. The first-order valence-electron chi connectivity index (χ1n) is 5.05. The van der Waals surface area contributed by atoms with E-state index in [1.54, 1.807) is 0 Å². The van der Waals surface area contributed by atoms with Crippen LogP contribution in [-0.4, -0.2) is 5.78 Å². The molecular weight excluding hydrogens is 257 g/mol. The minimum Gasteiger partial charge on any atom is -0.452 e. The first-order valence-corrected chi connectivity index (χ1v) is 5.43. The third-order valence-corrected chi connectivity index (χ3v) is 2.75. The van der Waals surface area contributed by atoms with Crippen LogP contribution >= 0.6 is 11.6 Å². The van der Waals surface area contributed by atoms with Crippen LogP contribution < -0.4 is 0 Å². The lowest BCUT2D eigenvalue weighted by Crippen LogP contribution is -2.11. The molecule has 0 saturated carbocycles. The van der Waals surface area contributed by atoms with E-state index >= 15 is 0 Å². The Bertz CT molecular complexity index is 630. The zero-order valence-electron chi connectivity index (χ0n) is 9.06. The number of ketones is 1. The number of carbonyl (C=O) groups excluding carboxylic acids is 1. The van der Waals surface area contributed by atoms with E-state index in [-0.39, 0.29) is 10.8 Å². The molecule has 1 atom stereocenters. The summed E-state index contributed by atoms with van der Waals surface area (Å²) in [6.45, 7) is 0. The molecule has 2 rings (SSSR count). The molecule has 90 valence electrons. The summed E-state index contributed by atoms with van der Waals surface area (Å²) in [5.41, 5.74) is 0.409. The molecule has 1 aromatic carbocycles. The van der Waals surface area contributed by atoms with Crippen molar-refractivity contribution in [3.63, 3.8) is 0 Å². The molecule has 0 saturated heterocycles. The van der Waals surface area contributed by atoms with Gasteiger partial charge in [-0.1, -0.05) is 12.1 Å². The predicted octanol–water partition coefficient (Wildman–Crippen LogP) is 3.56. The highest BCUT2D eigenvalue weighted by atomic mass is 35.5. The van der Waals surface area contributed by atoms with Crippen molar-refractivity contribution in [2.45, 2.75) is 5.92 Å². The van der Waals surface area contributed by atoms with Crippen molar-refractivity contribution >= 4 is 17.4 Å². The molecule has 0 bridgehead atoms. The van der Waals surface area contributed by atoms with Gasteiger partial charge < -0.3 is 4.42 Å². The van der Waals surface area contributed by atoms with E-state index in [1.165, 1.54) is 30.5 Å². The van der Waals surface area contributed by atoms with Crippen molar-refractivity contribution < 1.29 is 13.6 Å². The monoisotopic (exact) mass is 263 g/mol. The third-order valence-electron chi connectivity index (χ3n) is 2.46. The molecule has 0 fully saturated rings. The van der Waals surface area contributed by atoms with Gasteiger partial charge in [-0.2, -0.15) is 5.26 Å². The van der Waals surface area contributed by atoms with Crippen LogP contribution in [0.5, 0.6) is 0 Å². The smallest absolute Gasteiger partial charge is 0.203 e. The normalized spacial score (nSPS) is 11.8. The second-order valence-electron chi connectivity index (χ2n) is 3.59. The number of nitrogens with zero attached hydrogens (tertiary/aromatic N) is 1. The number of furan rings is 1. The van der Waals surface area contributed by atoms with Crippen molar-refractivity contribution in [2.75, 3.05) is 0 Å². The lowest BCUT2D eigenvalue weighted by atomic mass is 9.93. The summed E-state index contributed by atoms with van der Waals surface area (Å²) < 4.78 is 17.9. The summed E-state index contributed by atoms with van der Waals surface area (Å²) in [6, 6.07) is 8.58. The van der Waals surface area contributed by atoms with Gasteiger partial charge in [-0.3, -0.25) is 4.79 Å². The molecule has 0 aliphatic heterocycles. The van der Waals surface area contributed by atoms with Gasteiger partial charge in [0.05, 0.1) is 17.9 Å². The van der Waals surface area contributed by atoms with E-state index in [0.717, 1.165) is 6.07 Å². The molecule has 1 unspecified atom stereocenters. The Kier molecular flexibility index (Phi) is 3.45. The number of benzene rings is 1. The molecule has 0 aliphatic carbocycles. The maximum absolute atomic E-state index is 13.1. The zero-order chi connectivity index (χ0) is 13.1. The Balaban J connectivity index is 2.39. The van der Waals surface area contributed by atoms with E-state index in [2.05, 4.69) is 0 Å².